The average Bonchev–Trinajstić information content (AvgIpc) is 3.50. The van der Waals surface area contributed by atoms with E-state index in [-0.39, 0.29) is 0 Å². The maximum absolute atomic E-state index is 4.64. The van der Waals surface area contributed by atoms with Crippen LogP contribution in [0.5, 0.6) is 0 Å². The molecule has 0 bridgehead atoms. The van der Waals surface area contributed by atoms with Crippen LogP contribution in [0.25, 0.3) is 34.0 Å². The molecule has 0 saturated heterocycles. The van der Waals surface area contributed by atoms with E-state index in [9.17, 15) is 0 Å². The van der Waals surface area contributed by atoms with Gasteiger partial charge in [-0.25, -0.2) is 0 Å². The molecule has 0 aliphatic rings. The smallest absolute Gasteiger partial charge is 0.0160 e. The van der Waals surface area contributed by atoms with Crippen molar-refractivity contribution in [1.82, 2.24) is 24.1 Å². The van der Waals surface area contributed by atoms with E-state index in [4.69, 9.17) is 0 Å². The number of hydrogen-bond acceptors (Lipinski definition) is 3. The van der Waals surface area contributed by atoms with Crippen LogP contribution in [-0.4, -0.2) is 24.1 Å². The van der Waals surface area contributed by atoms with Crippen molar-refractivity contribution >= 4 is 9.58 Å². The Kier molecular flexibility index (Phi) is 9.34. The maximum Gasteiger partial charge on any atom is 0.0160 e. The normalized spacial score (nSPS) is 10.1. The van der Waals surface area contributed by atoms with E-state index in [1.54, 1.807) is 6.20 Å². The Hall–Kier alpha value is -3.05. The number of imidazole rings is 2. The zero-order valence-electron chi connectivity index (χ0n) is 19.5. The Morgan fingerprint density at radius 1 is 0.765 bits per heavy atom. The standard InChI is InChI=1S/C16H17N4.C11H8N.ClH.Ir/c1-11-9-12(2)14(16-18-6-8-20(16)4)10-13(11)15-17-5-7-19(15)3;1-2-6-10(7-3-1)11-8-4-5-9-12-11;;/h5-9H,1-4H3;1-6,8-9H;1H;/q2*-1;;+3/p-1. The molecule has 174 valence electrons. The number of aromatic nitrogens is 5. The van der Waals surface area contributed by atoms with Crippen molar-refractivity contribution in [3.63, 3.8) is 0 Å². The minimum atomic E-state index is 0.929. The molecule has 0 amide bonds. The first-order chi connectivity index (χ1) is 16.5. The summed E-state index contributed by atoms with van der Waals surface area (Å²) in [4.78, 5) is 13.1. The fourth-order valence-corrected chi connectivity index (χ4v) is 3.54. The number of rotatable bonds is 3. The molecule has 34 heavy (non-hydrogen) atoms. The summed E-state index contributed by atoms with van der Waals surface area (Å²) < 4.78 is 4.02. The predicted octanol–water partition coefficient (Wildman–Crippen LogP) is 6.14. The molecule has 0 saturated carbocycles. The molecule has 0 unspecified atom stereocenters. The summed E-state index contributed by atoms with van der Waals surface area (Å²) in [7, 11) is 8.63. The summed E-state index contributed by atoms with van der Waals surface area (Å²) in [6.07, 6.45) is 9.30. The van der Waals surface area contributed by atoms with Gasteiger partial charge in [0, 0.05) is 45.1 Å². The molecule has 5 aromatic rings. The molecule has 5 nitrogen and oxygen atoms in total. The molecule has 0 aliphatic carbocycles. The van der Waals surface area contributed by atoms with E-state index < -0.39 is 0 Å². The van der Waals surface area contributed by atoms with Crippen molar-refractivity contribution in [1.29, 1.82) is 0 Å². The van der Waals surface area contributed by atoms with Gasteiger partial charge in [0.2, 0.25) is 0 Å². The Morgan fingerprint density at radius 2 is 1.35 bits per heavy atom. The van der Waals surface area contributed by atoms with Crippen molar-refractivity contribution in [2.24, 2.45) is 14.1 Å². The summed E-state index contributed by atoms with van der Waals surface area (Å²) in [5, 5.41) is 0. The van der Waals surface area contributed by atoms with E-state index in [1.165, 1.54) is 29.0 Å². The van der Waals surface area contributed by atoms with E-state index in [0.717, 1.165) is 34.0 Å². The van der Waals surface area contributed by atoms with Gasteiger partial charge in [0.15, 0.2) is 0 Å². The predicted molar refractivity (Wildman–Crippen MR) is 134 cm³/mol. The zero-order valence-corrected chi connectivity index (χ0v) is 22.6. The van der Waals surface area contributed by atoms with Crippen molar-refractivity contribution < 1.29 is 17.9 Å². The number of hydrogen-bond donors (Lipinski definition) is 0. The number of nitrogens with zero attached hydrogens (tertiary/aromatic N) is 5. The number of halogens is 1. The third-order valence-corrected chi connectivity index (χ3v) is 5.21. The van der Waals surface area contributed by atoms with Crippen LogP contribution in [0, 0.1) is 26.0 Å². The average molecular weight is 647 g/mol. The fraction of sp³-hybridized carbons (Fsp3) is 0.148. The van der Waals surface area contributed by atoms with Crippen molar-refractivity contribution in [3.05, 3.63) is 103 Å². The molecular formula is C27H25ClIrN5. The SMILES string of the molecule is Cc1cc(C)c(-c2nccn2C)[c-]c1-c1nccn1C.[Cl][Ir+2].[c-]1ccccc1-c1ccccn1. The molecule has 0 radical (unpaired) electrons. The molecule has 2 aromatic carbocycles. The molecular weight excluding hydrogens is 622 g/mol. The monoisotopic (exact) mass is 647 g/mol. The molecule has 0 aliphatic heterocycles. The second-order valence-corrected chi connectivity index (χ2v) is 7.60. The topological polar surface area (TPSA) is 48.5 Å². The van der Waals surface area contributed by atoms with Crippen LogP contribution in [0.3, 0.4) is 0 Å². The van der Waals surface area contributed by atoms with E-state index in [0.29, 0.717) is 0 Å². The quantitative estimate of drug-likeness (QED) is 0.221. The molecule has 0 fully saturated rings. The fourth-order valence-electron chi connectivity index (χ4n) is 3.54. The van der Waals surface area contributed by atoms with Gasteiger partial charge >= 0.3 is 27.5 Å². The van der Waals surface area contributed by atoms with Gasteiger partial charge in [0.1, 0.15) is 0 Å². The third-order valence-electron chi connectivity index (χ3n) is 5.21. The van der Waals surface area contributed by atoms with E-state index >= 15 is 0 Å². The van der Waals surface area contributed by atoms with Crippen LogP contribution in [-0.2, 0) is 32.0 Å². The summed E-state index contributed by atoms with van der Waals surface area (Å²) in [6, 6.07) is 22.5. The van der Waals surface area contributed by atoms with Crippen LogP contribution in [0.15, 0.2) is 79.5 Å². The van der Waals surface area contributed by atoms with Gasteiger partial charge in [0.25, 0.3) is 0 Å². The van der Waals surface area contributed by atoms with Crippen LogP contribution in [0.2, 0.25) is 0 Å². The molecule has 5 rings (SSSR count). The molecule has 0 N–H and O–H groups in total. The van der Waals surface area contributed by atoms with Crippen LogP contribution < -0.4 is 0 Å². The van der Waals surface area contributed by atoms with E-state index in [1.807, 2.05) is 90.5 Å². The van der Waals surface area contributed by atoms with Gasteiger partial charge in [-0.2, -0.15) is 0 Å². The molecule has 0 atom stereocenters. The van der Waals surface area contributed by atoms with Gasteiger partial charge < -0.3 is 14.1 Å². The van der Waals surface area contributed by atoms with Crippen LogP contribution in [0.4, 0.5) is 0 Å². The van der Waals surface area contributed by atoms with Crippen molar-refractivity contribution in [2.75, 3.05) is 0 Å². The van der Waals surface area contributed by atoms with Crippen LogP contribution in [0.1, 0.15) is 11.1 Å². The molecule has 3 aromatic heterocycles. The second-order valence-electron chi connectivity index (χ2n) is 7.60. The Bertz CT molecular complexity index is 1210. The van der Waals surface area contributed by atoms with Gasteiger partial charge in [-0.05, 0) is 11.8 Å². The first kappa shape index (κ1) is 25.6. The Labute approximate surface area is 215 Å². The number of pyridine rings is 1. The zero-order chi connectivity index (χ0) is 24.5. The van der Waals surface area contributed by atoms with Crippen LogP contribution >= 0.6 is 9.58 Å². The third kappa shape index (κ3) is 6.09. The van der Waals surface area contributed by atoms with Gasteiger partial charge in [-0.1, -0.05) is 37.1 Å². The van der Waals surface area contributed by atoms with Gasteiger partial charge in [-0.15, -0.1) is 59.2 Å². The first-order valence-electron chi connectivity index (χ1n) is 10.5. The molecule has 3 heterocycles. The number of benzene rings is 2. The number of aryl methyl sites for hydroxylation is 4. The Morgan fingerprint density at radius 3 is 1.79 bits per heavy atom. The summed E-state index contributed by atoms with van der Waals surface area (Å²) >= 11 is 1.47. The molecule has 0 spiro atoms. The van der Waals surface area contributed by atoms with Gasteiger partial charge in [0.05, 0.1) is 11.6 Å². The summed E-state index contributed by atoms with van der Waals surface area (Å²) in [5.41, 5.74) is 6.42. The van der Waals surface area contributed by atoms with Crippen molar-refractivity contribution in [3.8, 4) is 34.0 Å². The minimum absolute atomic E-state index is 0.929. The maximum atomic E-state index is 4.64. The van der Waals surface area contributed by atoms with Gasteiger partial charge in [-0.3, -0.25) is 9.97 Å². The molecule has 7 heteroatoms. The largest absolute Gasteiger partial charge is 0.305 e. The summed E-state index contributed by atoms with van der Waals surface area (Å²) in [5.74, 6) is 1.86. The first-order valence-corrected chi connectivity index (χ1v) is 13.5. The Balaban J connectivity index is 0.000000197. The second kappa shape index (κ2) is 12.4. The summed E-state index contributed by atoms with van der Waals surface area (Å²) in [6.45, 7) is 4.19. The van der Waals surface area contributed by atoms with E-state index in [2.05, 4.69) is 56.6 Å². The van der Waals surface area contributed by atoms with Crippen molar-refractivity contribution in [2.45, 2.75) is 13.8 Å². The minimum Gasteiger partial charge on any atom is -0.305 e.